The van der Waals surface area contributed by atoms with Crippen LogP contribution in [0.2, 0.25) is 0 Å². The zero-order valence-electron chi connectivity index (χ0n) is 20.3. The summed E-state index contributed by atoms with van der Waals surface area (Å²) in [5.74, 6) is 0.624. The summed E-state index contributed by atoms with van der Waals surface area (Å²) in [4.78, 5) is 4.89. The molecule has 0 aliphatic heterocycles. The van der Waals surface area contributed by atoms with E-state index in [-0.39, 0.29) is 18.0 Å². The highest BCUT2D eigenvalue weighted by Gasteiger charge is 2.25. The van der Waals surface area contributed by atoms with E-state index in [0.717, 1.165) is 27.5 Å². The first-order chi connectivity index (χ1) is 18.0. The van der Waals surface area contributed by atoms with Gasteiger partial charge in [0.2, 0.25) is 10.0 Å². The van der Waals surface area contributed by atoms with Gasteiger partial charge in [-0.25, -0.2) is 18.1 Å². The van der Waals surface area contributed by atoms with Gasteiger partial charge in [0, 0.05) is 18.7 Å². The number of rotatable bonds is 9. The van der Waals surface area contributed by atoms with Crippen LogP contribution < -0.4 is 0 Å². The van der Waals surface area contributed by atoms with Crippen LogP contribution in [0.4, 0.5) is 0 Å². The fraction of sp³-hybridized carbons (Fsp3) is 0.103. The lowest BCUT2D eigenvalue weighted by Gasteiger charge is -2.23. The third-order valence-corrected chi connectivity index (χ3v) is 8.35. The largest absolute Gasteiger partial charge is 0.243 e. The summed E-state index contributed by atoms with van der Waals surface area (Å²) in [6, 6.07) is 35.9. The van der Waals surface area contributed by atoms with E-state index in [9.17, 15) is 8.42 Å². The molecule has 0 aliphatic rings. The van der Waals surface area contributed by atoms with Crippen LogP contribution in [0.1, 0.15) is 11.1 Å². The first kappa shape index (κ1) is 25.0. The van der Waals surface area contributed by atoms with Gasteiger partial charge in [0.1, 0.15) is 0 Å². The zero-order valence-corrected chi connectivity index (χ0v) is 21.9. The van der Waals surface area contributed by atoms with Gasteiger partial charge in [-0.1, -0.05) is 103 Å². The van der Waals surface area contributed by atoms with Crippen molar-refractivity contribution < 1.29 is 8.42 Å². The second-order valence-electron chi connectivity index (χ2n) is 8.44. The number of benzene rings is 4. The summed E-state index contributed by atoms with van der Waals surface area (Å²) >= 11 is 1.49. The average molecular weight is 527 g/mol. The standard InChI is InChI=1S/C29H26N4O2S2/c1-36-29-30-28(25-15-9-4-10-16-25)31-33(29)26-17-19-27(20-18-26)37(34,35)32(21-23-11-5-2-6-12-23)22-24-13-7-3-8-14-24/h2-20H,21-22H2,1H3. The van der Waals surface area contributed by atoms with Crippen molar-refractivity contribution in [2.75, 3.05) is 6.26 Å². The van der Waals surface area contributed by atoms with Crippen molar-refractivity contribution in [1.29, 1.82) is 0 Å². The van der Waals surface area contributed by atoms with E-state index in [0.29, 0.717) is 5.82 Å². The Morgan fingerprint density at radius 3 is 1.76 bits per heavy atom. The summed E-state index contributed by atoms with van der Waals surface area (Å²) in [6.45, 7) is 0.555. The quantitative estimate of drug-likeness (QED) is 0.219. The Morgan fingerprint density at radius 1 is 0.730 bits per heavy atom. The van der Waals surface area contributed by atoms with Gasteiger partial charge in [0.15, 0.2) is 11.0 Å². The monoisotopic (exact) mass is 526 g/mol. The number of hydrogen-bond acceptors (Lipinski definition) is 5. The van der Waals surface area contributed by atoms with E-state index in [2.05, 4.69) is 10.1 Å². The van der Waals surface area contributed by atoms with Crippen molar-refractivity contribution in [2.24, 2.45) is 0 Å². The van der Waals surface area contributed by atoms with Crippen molar-refractivity contribution in [3.05, 3.63) is 126 Å². The summed E-state index contributed by atoms with van der Waals surface area (Å²) in [5, 5.41) is 5.41. The fourth-order valence-electron chi connectivity index (χ4n) is 4.02. The van der Waals surface area contributed by atoms with E-state index in [4.69, 9.17) is 0 Å². The molecule has 0 fully saturated rings. The molecule has 0 atom stereocenters. The fourth-order valence-corrected chi connectivity index (χ4v) is 5.93. The molecule has 0 N–H and O–H groups in total. The van der Waals surface area contributed by atoms with Gasteiger partial charge in [-0.05, 0) is 41.6 Å². The highest BCUT2D eigenvalue weighted by molar-refractivity contribution is 7.98. The summed E-state index contributed by atoms with van der Waals surface area (Å²) in [5.41, 5.74) is 3.53. The van der Waals surface area contributed by atoms with E-state index < -0.39 is 10.0 Å². The maximum atomic E-state index is 13.8. The Kier molecular flexibility index (Phi) is 7.50. The zero-order chi connectivity index (χ0) is 25.7. The predicted octanol–water partition coefficient (Wildman–Crippen LogP) is 6.05. The van der Waals surface area contributed by atoms with Crippen molar-refractivity contribution >= 4 is 21.8 Å². The first-order valence-electron chi connectivity index (χ1n) is 11.8. The highest BCUT2D eigenvalue weighted by Crippen LogP contribution is 2.26. The third-order valence-electron chi connectivity index (χ3n) is 5.91. The topological polar surface area (TPSA) is 68.1 Å². The van der Waals surface area contributed by atoms with Crippen molar-refractivity contribution in [3.8, 4) is 17.1 Å². The Morgan fingerprint density at radius 2 is 1.24 bits per heavy atom. The first-order valence-corrected chi connectivity index (χ1v) is 14.5. The third kappa shape index (κ3) is 5.67. The normalized spacial score (nSPS) is 11.6. The summed E-state index contributed by atoms with van der Waals surface area (Å²) < 4.78 is 30.8. The van der Waals surface area contributed by atoms with Gasteiger partial charge in [-0.15, -0.1) is 5.10 Å². The molecule has 1 heterocycles. The predicted molar refractivity (Wildman–Crippen MR) is 148 cm³/mol. The minimum Gasteiger partial charge on any atom is -0.207 e. The van der Waals surface area contributed by atoms with Crippen LogP contribution in [0.25, 0.3) is 17.1 Å². The number of nitrogens with zero attached hydrogens (tertiary/aromatic N) is 4. The molecule has 0 spiro atoms. The highest BCUT2D eigenvalue weighted by atomic mass is 32.2. The molecule has 1 aromatic heterocycles. The van der Waals surface area contributed by atoms with Crippen molar-refractivity contribution in [2.45, 2.75) is 23.1 Å². The molecular formula is C29H26N4O2S2. The molecule has 4 aromatic carbocycles. The molecule has 6 nitrogen and oxygen atoms in total. The van der Waals surface area contributed by atoms with Gasteiger partial charge < -0.3 is 0 Å². The van der Waals surface area contributed by atoms with Crippen LogP contribution in [0.3, 0.4) is 0 Å². The SMILES string of the molecule is CSc1nc(-c2ccccc2)nn1-c1ccc(S(=O)(=O)N(Cc2ccccc2)Cc2ccccc2)cc1. The molecule has 5 aromatic rings. The van der Waals surface area contributed by atoms with E-state index in [1.54, 1.807) is 28.9 Å². The van der Waals surface area contributed by atoms with E-state index in [1.165, 1.54) is 16.1 Å². The summed E-state index contributed by atoms with van der Waals surface area (Å²) in [7, 11) is -3.77. The van der Waals surface area contributed by atoms with Crippen LogP contribution in [-0.2, 0) is 23.1 Å². The smallest absolute Gasteiger partial charge is 0.207 e. The number of sulfonamides is 1. The molecule has 0 unspecified atom stereocenters. The molecule has 8 heteroatoms. The molecule has 0 aliphatic carbocycles. The van der Waals surface area contributed by atoms with Crippen molar-refractivity contribution in [1.82, 2.24) is 19.1 Å². The average Bonchev–Trinajstić information content (AvgIpc) is 3.39. The minimum atomic E-state index is -3.77. The molecule has 0 saturated carbocycles. The lowest BCUT2D eigenvalue weighted by Crippen LogP contribution is -2.30. The summed E-state index contributed by atoms with van der Waals surface area (Å²) in [6.07, 6.45) is 1.94. The Bertz CT molecular complexity index is 1510. The molecule has 37 heavy (non-hydrogen) atoms. The molecule has 0 saturated heterocycles. The Hall–Kier alpha value is -3.72. The molecule has 186 valence electrons. The van der Waals surface area contributed by atoms with Crippen LogP contribution >= 0.6 is 11.8 Å². The number of thioether (sulfide) groups is 1. The van der Waals surface area contributed by atoms with Crippen LogP contribution in [0.15, 0.2) is 125 Å². The molecule has 5 rings (SSSR count). The Balaban J connectivity index is 1.46. The van der Waals surface area contributed by atoms with Crippen LogP contribution in [-0.4, -0.2) is 33.7 Å². The van der Waals surface area contributed by atoms with Crippen LogP contribution in [0.5, 0.6) is 0 Å². The van der Waals surface area contributed by atoms with E-state index >= 15 is 0 Å². The van der Waals surface area contributed by atoms with Gasteiger partial charge in [0.05, 0.1) is 10.6 Å². The maximum absolute atomic E-state index is 13.8. The molecule has 0 bridgehead atoms. The number of aromatic nitrogens is 3. The van der Waals surface area contributed by atoms with Crippen LogP contribution in [0, 0.1) is 0 Å². The molecule has 0 amide bonds. The second kappa shape index (κ2) is 11.1. The van der Waals surface area contributed by atoms with Crippen molar-refractivity contribution in [3.63, 3.8) is 0 Å². The van der Waals surface area contributed by atoms with Gasteiger partial charge in [-0.2, -0.15) is 4.31 Å². The Labute approximate surface area is 221 Å². The second-order valence-corrected chi connectivity index (χ2v) is 11.1. The molecular weight excluding hydrogens is 500 g/mol. The lowest BCUT2D eigenvalue weighted by atomic mass is 10.2. The van der Waals surface area contributed by atoms with E-state index in [1.807, 2.05) is 97.3 Å². The number of hydrogen-bond donors (Lipinski definition) is 0. The molecule has 0 radical (unpaired) electrons. The van der Waals surface area contributed by atoms with Gasteiger partial charge >= 0.3 is 0 Å². The maximum Gasteiger partial charge on any atom is 0.243 e. The lowest BCUT2D eigenvalue weighted by molar-refractivity contribution is 0.401. The van der Waals surface area contributed by atoms with Gasteiger partial charge in [-0.3, -0.25) is 0 Å². The van der Waals surface area contributed by atoms with Gasteiger partial charge in [0.25, 0.3) is 0 Å². The minimum absolute atomic E-state index is 0.234.